The van der Waals surface area contributed by atoms with Gasteiger partial charge in [-0.15, -0.1) is 0 Å². The van der Waals surface area contributed by atoms with Crippen molar-refractivity contribution < 1.29 is 19.1 Å². The molecule has 0 spiro atoms. The molecule has 3 rings (SSSR count). The Hall–Kier alpha value is -3.06. The van der Waals surface area contributed by atoms with E-state index >= 15 is 0 Å². The van der Waals surface area contributed by atoms with Crippen molar-refractivity contribution in [3.63, 3.8) is 0 Å². The topological polar surface area (TPSA) is 71.1 Å². The predicted molar refractivity (Wildman–Crippen MR) is 118 cm³/mol. The number of hydrogen-bond donors (Lipinski definition) is 1. The van der Waals surface area contributed by atoms with Crippen molar-refractivity contribution in [1.29, 1.82) is 0 Å². The van der Waals surface area contributed by atoms with Crippen LogP contribution in [0.4, 0.5) is 11.4 Å². The summed E-state index contributed by atoms with van der Waals surface area (Å²) >= 11 is 0. The van der Waals surface area contributed by atoms with Crippen LogP contribution in [0.1, 0.15) is 33.2 Å². The Morgan fingerprint density at radius 3 is 2.43 bits per heavy atom. The van der Waals surface area contributed by atoms with Gasteiger partial charge in [0.1, 0.15) is 5.75 Å². The van der Waals surface area contributed by atoms with E-state index in [1.807, 2.05) is 25.1 Å². The minimum absolute atomic E-state index is 0.286. The summed E-state index contributed by atoms with van der Waals surface area (Å²) < 4.78 is 10.3. The predicted octanol–water partition coefficient (Wildman–Crippen LogP) is 3.18. The number of carbonyl (C=O) groups excluding carboxylic acids is 2. The lowest BCUT2D eigenvalue weighted by atomic mass is 10.1. The number of nitrogens with zero attached hydrogens (tertiary/aromatic N) is 2. The molecular weight excluding hydrogens is 382 g/mol. The summed E-state index contributed by atoms with van der Waals surface area (Å²) in [5, 5.41) is 2.99. The fourth-order valence-corrected chi connectivity index (χ4v) is 3.75. The molecule has 0 unspecified atom stereocenters. The third-order valence-corrected chi connectivity index (χ3v) is 5.49. The summed E-state index contributed by atoms with van der Waals surface area (Å²) in [5.74, 6) is -0.191. The van der Waals surface area contributed by atoms with Crippen molar-refractivity contribution in [1.82, 2.24) is 4.90 Å². The normalized spacial score (nSPS) is 14.3. The van der Waals surface area contributed by atoms with Crippen LogP contribution in [0.25, 0.3) is 0 Å². The number of amides is 1. The zero-order valence-electron chi connectivity index (χ0n) is 18.0. The van der Waals surface area contributed by atoms with Gasteiger partial charge in [-0.25, -0.2) is 4.79 Å². The standard InChI is InChI=1S/C23H29N3O4/c1-5-25-11-13-26(14-12-25)20-10-9-17(23(28)30-4)15-19(20)24-22(27)18-8-6-7-16(2)21(18)29-3/h6-10,15H,5,11-14H2,1-4H3,(H,24,27). The second kappa shape index (κ2) is 9.63. The molecule has 160 valence electrons. The number of para-hydroxylation sites is 1. The first-order valence-corrected chi connectivity index (χ1v) is 10.1. The quantitative estimate of drug-likeness (QED) is 0.736. The Balaban J connectivity index is 1.94. The van der Waals surface area contributed by atoms with Crippen LogP contribution in [-0.4, -0.2) is 63.7 Å². The fraction of sp³-hybridized carbons (Fsp3) is 0.391. The number of ether oxygens (including phenoxy) is 2. The van der Waals surface area contributed by atoms with E-state index < -0.39 is 5.97 Å². The number of piperazine rings is 1. The zero-order valence-corrected chi connectivity index (χ0v) is 18.0. The summed E-state index contributed by atoms with van der Waals surface area (Å²) in [7, 11) is 2.89. The molecule has 1 aliphatic heterocycles. The molecule has 7 heteroatoms. The second-order valence-corrected chi connectivity index (χ2v) is 7.25. The van der Waals surface area contributed by atoms with Gasteiger partial charge in [-0.05, 0) is 43.3 Å². The van der Waals surface area contributed by atoms with Crippen molar-refractivity contribution in [3.05, 3.63) is 53.1 Å². The summed E-state index contributed by atoms with van der Waals surface area (Å²) in [6.07, 6.45) is 0. The fourth-order valence-electron chi connectivity index (χ4n) is 3.75. The number of aryl methyl sites for hydroxylation is 1. The van der Waals surface area contributed by atoms with Crippen molar-refractivity contribution in [3.8, 4) is 5.75 Å². The maximum Gasteiger partial charge on any atom is 0.337 e. The highest BCUT2D eigenvalue weighted by Crippen LogP contribution is 2.31. The van der Waals surface area contributed by atoms with Crippen LogP contribution in [0, 0.1) is 6.92 Å². The number of carbonyl (C=O) groups is 2. The Kier molecular flexibility index (Phi) is 6.95. The van der Waals surface area contributed by atoms with E-state index in [4.69, 9.17) is 9.47 Å². The van der Waals surface area contributed by atoms with Crippen LogP contribution in [0.3, 0.4) is 0 Å². The van der Waals surface area contributed by atoms with Gasteiger partial charge in [0.15, 0.2) is 0 Å². The molecule has 7 nitrogen and oxygen atoms in total. The third-order valence-electron chi connectivity index (χ3n) is 5.49. The molecule has 1 saturated heterocycles. The molecule has 1 heterocycles. The lowest BCUT2D eigenvalue weighted by Gasteiger charge is -2.36. The molecule has 0 radical (unpaired) electrons. The van der Waals surface area contributed by atoms with Crippen LogP contribution in [0.5, 0.6) is 5.75 Å². The first-order chi connectivity index (χ1) is 14.5. The molecule has 0 saturated carbocycles. The maximum atomic E-state index is 13.1. The van der Waals surface area contributed by atoms with E-state index in [0.717, 1.165) is 44.0 Å². The number of esters is 1. The van der Waals surface area contributed by atoms with Gasteiger partial charge in [-0.3, -0.25) is 4.79 Å². The lowest BCUT2D eigenvalue weighted by molar-refractivity contribution is 0.0600. The summed E-state index contributed by atoms with van der Waals surface area (Å²) in [6, 6.07) is 10.7. The second-order valence-electron chi connectivity index (χ2n) is 7.25. The average Bonchev–Trinajstić information content (AvgIpc) is 2.78. The van der Waals surface area contributed by atoms with E-state index in [0.29, 0.717) is 22.6 Å². The summed E-state index contributed by atoms with van der Waals surface area (Å²) in [4.78, 5) is 29.8. The number of nitrogens with one attached hydrogen (secondary N) is 1. The monoisotopic (exact) mass is 411 g/mol. The number of rotatable bonds is 6. The highest BCUT2D eigenvalue weighted by Gasteiger charge is 2.22. The van der Waals surface area contributed by atoms with Crippen LogP contribution >= 0.6 is 0 Å². The van der Waals surface area contributed by atoms with Gasteiger partial charge in [0.2, 0.25) is 0 Å². The molecule has 0 bridgehead atoms. The Labute approximate surface area is 177 Å². The van der Waals surface area contributed by atoms with Crippen LogP contribution in [0.15, 0.2) is 36.4 Å². The minimum atomic E-state index is -0.444. The molecule has 30 heavy (non-hydrogen) atoms. The van der Waals surface area contributed by atoms with Crippen LogP contribution < -0.4 is 15.0 Å². The average molecular weight is 412 g/mol. The maximum absolute atomic E-state index is 13.1. The van der Waals surface area contributed by atoms with E-state index in [-0.39, 0.29) is 5.91 Å². The van der Waals surface area contributed by atoms with Crippen molar-refractivity contribution in [2.45, 2.75) is 13.8 Å². The first-order valence-electron chi connectivity index (χ1n) is 10.1. The molecule has 2 aromatic rings. The summed E-state index contributed by atoms with van der Waals surface area (Å²) in [5.41, 5.74) is 3.18. The molecular formula is C23H29N3O4. The van der Waals surface area contributed by atoms with Gasteiger partial charge in [-0.1, -0.05) is 19.1 Å². The third kappa shape index (κ3) is 4.57. The number of anilines is 2. The van der Waals surface area contributed by atoms with Gasteiger partial charge < -0.3 is 24.6 Å². The Bertz CT molecular complexity index is 921. The number of hydrogen-bond acceptors (Lipinski definition) is 6. The molecule has 0 aliphatic carbocycles. The molecule has 1 fully saturated rings. The molecule has 0 atom stereocenters. The molecule has 1 amide bonds. The largest absolute Gasteiger partial charge is 0.496 e. The highest BCUT2D eigenvalue weighted by atomic mass is 16.5. The SMILES string of the molecule is CCN1CCN(c2ccc(C(=O)OC)cc2NC(=O)c2cccc(C)c2OC)CC1. The molecule has 2 aromatic carbocycles. The van der Waals surface area contributed by atoms with Gasteiger partial charge in [0.25, 0.3) is 5.91 Å². The number of likely N-dealkylation sites (N-methyl/N-ethyl adjacent to an activating group) is 1. The van der Waals surface area contributed by atoms with Crippen LogP contribution in [-0.2, 0) is 4.74 Å². The van der Waals surface area contributed by atoms with Crippen LogP contribution in [0.2, 0.25) is 0 Å². The van der Waals surface area contributed by atoms with Crippen molar-refractivity contribution in [2.24, 2.45) is 0 Å². The van der Waals surface area contributed by atoms with Gasteiger partial charge in [-0.2, -0.15) is 0 Å². The van der Waals surface area contributed by atoms with Crippen molar-refractivity contribution >= 4 is 23.3 Å². The minimum Gasteiger partial charge on any atom is -0.496 e. The summed E-state index contributed by atoms with van der Waals surface area (Å²) in [6.45, 7) is 8.67. The van der Waals surface area contributed by atoms with E-state index in [1.165, 1.54) is 7.11 Å². The molecule has 0 aromatic heterocycles. The molecule has 1 aliphatic rings. The van der Waals surface area contributed by atoms with Gasteiger partial charge in [0.05, 0.1) is 36.7 Å². The zero-order chi connectivity index (χ0) is 21.7. The van der Waals surface area contributed by atoms with Gasteiger partial charge >= 0.3 is 5.97 Å². The van der Waals surface area contributed by atoms with Gasteiger partial charge in [0, 0.05) is 26.2 Å². The highest BCUT2D eigenvalue weighted by molar-refractivity contribution is 6.08. The van der Waals surface area contributed by atoms with E-state index in [1.54, 1.807) is 25.3 Å². The van der Waals surface area contributed by atoms with Crippen molar-refractivity contribution in [2.75, 3.05) is 57.2 Å². The number of methoxy groups -OCH3 is 2. The van der Waals surface area contributed by atoms with E-state index in [9.17, 15) is 9.59 Å². The number of benzene rings is 2. The lowest BCUT2D eigenvalue weighted by Crippen LogP contribution is -2.46. The smallest absolute Gasteiger partial charge is 0.337 e. The Morgan fingerprint density at radius 1 is 1.07 bits per heavy atom. The molecule has 1 N–H and O–H groups in total. The van der Waals surface area contributed by atoms with E-state index in [2.05, 4.69) is 22.0 Å². The first kappa shape index (κ1) is 21.6. The Morgan fingerprint density at radius 2 is 1.80 bits per heavy atom.